The quantitative estimate of drug-likeness (QED) is 0.585. The van der Waals surface area contributed by atoms with E-state index in [4.69, 9.17) is 17.3 Å². The number of primary amides is 1. The average Bonchev–Trinajstić information content (AvgIpc) is 3.39. The van der Waals surface area contributed by atoms with E-state index in [9.17, 15) is 13.2 Å². The van der Waals surface area contributed by atoms with Gasteiger partial charge < -0.3 is 11.1 Å². The number of anilines is 1. The minimum absolute atomic E-state index is 0.243. The molecule has 0 unspecified atom stereocenters. The molecule has 1 saturated heterocycles. The summed E-state index contributed by atoms with van der Waals surface area (Å²) in [4.78, 5) is 11.1. The zero-order chi connectivity index (χ0) is 25.3. The molecule has 186 valence electrons. The molecule has 34 heavy (non-hydrogen) atoms. The maximum Gasteiger partial charge on any atom is 0.248 e. The van der Waals surface area contributed by atoms with E-state index < -0.39 is 15.9 Å². The Hall–Kier alpha value is -2.35. The van der Waals surface area contributed by atoms with Crippen LogP contribution in [0.1, 0.15) is 54.1 Å². The van der Waals surface area contributed by atoms with Crippen LogP contribution in [0.3, 0.4) is 0 Å². The van der Waals surface area contributed by atoms with Gasteiger partial charge in [-0.15, -0.1) is 0 Å². The van der Waals surface area contributed by atoms with Crippen molar-refractivity contribution in [3.8, 4) is 0 Å². The number of nitrogens with two attached hydrogens (primary N) is 1. The van der Waals surface area contributed by atoms with Gasteiger partial charge in [-0.3, -0.25) is 9.10 Å². The first-order valence-corrected chi connectivity index (χ1v) is 13.7. The van der Waals surface area contributed by atoms with Crippen LogP contribution in [0.2, 0.25) is 5.02 Å². The first-order chi connectivity index (χ1) is 16.0. The number of halogens is 1. The molecule has 4 rings (SSSR count). The second-order valence-corrected chi connectivity index (χ2v) is 11.4. The van der Waals surface area contributed by atoms with Gasteiger partial charge in [-0.25, -0.2) is 8.42 Å². The number of hydrogen-bond acceptors (Lipinski definition) is 4. The zero-order valence-corrected chi connectivity index (χ0v) is 21.8. The fourth-order valence-corrected chi connectivity index (χ4v) is 4.02. The molecule has 6 nitrogen and oxygen atoms in total. The van der Waals surface area contributed by atoms with Crippen LogP contribution >= 0.6 is 11.6 Å². The summed E-state index contributed by atoms with van der Waals surface area (Å²) < 4.78 is 23.9. The Morgan fingerprint density at radius 2 is 1.91 bits per heavy atom. The van der Waals surface area contributed by atoms with Crippen molar-refractivity contribution < 1.29 is 13.2 Å². The molecule has 3 N–H and O–H groups in total. The van der Waals surface area contributed by atoms with Gasteiger partial charge in [0.1, 0.15) is 0 Å². The molecule has 0 spiro atoms. The summed E-state index contributed by atoms with van der Waals surface area (Å²) in [7, 11) is -1.97. The summed E-state index contributed by atoms with van der Waals surface area (Å²) in [5.41, 5.74) is 7.76. The summed E-state index contributed by atoms with van der Waals surface area (Å²) in [6.45, 7) is 7.02. The molecule has 0 radical (unpaired) electrons. The third-order valence-corrected chi connectivity index (χ3v) is 7.16. The van der Waals surface area contributed by atoms with E-state index in [1.807, 2.05) is 12.1 Å². The van der Waals surface area contributed by atoms with Crippen LogP contribution in [-0.2, 0) is 16.4 Å². The van der Waals surface area contributed by atoms with Gasteiger partial charge >= 0.3 is 0 Å². The number of nitrogens with zero attached hydrogens (tertiary/aromatic N) is 1. The third-order valence-electron chi connectivity index (χ3n) is 5.72. The van der Waals surface area contributed by atoms with Crippen molar-refractivity contribution in [3.05, 3.63) is 70.8 Å². The first-order valence-electron chi connectivity index (χ1n) is 11.5. The molecule has 1 aliphatic carbocycles. The van der Waals surface area contributed by atoms with Gasteiger partial charge in [0.2, 0.25) is 15.9 Å². The Bertz CT molecular complexity index is 1080. The molecule has 0 bridgehead atoms. The number of hydrogen-bond donors (Lipinski definition) is 2. The van der Waals surface area contributed by atoms with E-state index in [1.54, 1.807) is 12.1 Å². The predicted molar refractivity (Wildman–Crippen MR) is 143 cm³/mol. The predicted octanol–water partition coefficient (Wildman–Crippen LogP) is 4.88. The SMILES string of the molecule is C=Cc1cc(C(N)=O)cc(N(C)S(C)(=O)=O)c1.CC1CC1.Clc1cccc(C[C@H]2CCCN2)c1. The number of rotatable bonds is 6. The van der Waals surface area contributed by atoms with Crippen LogP contribution in [0.15, 0.2) is 49.0 Å². The molecule has 0 aromatic heterocycles. The van der Waals surface area contributed by atoms with Gasteiger partial charge in [0.15, 0.2) is 0 Å². The van der Waals surface area contributed by atoms with Crippen molar-refractivity contribution >= 4 is 39.3 Å². The van der Waals surface area contributed by atoms with E-state index in [0.717, 1.165) is 27.9 Å². The van der Waals surface area contributed by atoms with Crippen molar-refractivity contribution in [2.45, 2.75) is 45.1 Å². The molecule has 2 aromatic rings. The summed E-state index contributed by atoms with van der Waals surface area (Å²) in [6.07, 6.45) is 9.29. The smallest absolute Gasteiger partial charge is 0.248 e. The average molecular weight is 506 g/mol. The van der Waals surface area contributed by atoms with E-state index in [1.165, 1.54) is 57.0 Å². The van der Waals surface area contributed by atoms with E-state index in [0.29, 0.717) is 17.3 Å². The number of carbonyl (C=O) groups is 1. The molecule has 2 fully saturated rings. The van der Waals surface area contributed by atoms with Gasteiger partial charge in [0, 0.05) is 23.7 Å². The van der Waals surface area contributed by atoms with Crippen LogP contribution in [-0.4, -0.2) is 40.2 Å². The highest BCUT2D eigenvalue weighted by Gasteiger charge is 2.15. The monoisotopic (exact) mass is 505 g/mol. The lowest BCUT2D eigenvalue weighted by molar-refractivity contribution is 0.1000. The number of nitrogens with one attached hydrogen (secondary N) is 1. The Balaban J connectivity index is 0.000000210. The van der Waals surface area contributed by atoms with Gasteiger partial charge in [-0.1, -0.05) is 56.2 Å². The van der Waals surface area contributed by atoms with Gasteiger partial charge in [-0.2, -0.15) is 0 Å². The maximum absolute atomic E-state index is 11.4. The van der Waals surface area contributed by atoms with Crippen LogP contribution in [0.5, 0.6) is 0 Å². The standard InChI is InChI=1S/C11H14ClN.C11H14N2O3S.C4H8/c12-10-4-1-3-9(7-10)8-11-5-2-6-13-11;1-4-8-5-9(11(12)14)7-10(6-8)13(2)17(3,15)16;1-4-2-3-4/h1,3-4,7,11,13H,2,5-6,8H2;4-7H,1H2,2-3H3,(H2,12,14);4H,2-3H2,1H3/t11-;;/m1../s1. The van der Waals surface area contributed by atoms with Crippen LogP contribution in [0, 0.1) is 5.92 Å². The summed E-state index contributed by atoms with van der Waals surface area (Å²) in [5.74, 6) is 0.469. The highest BCUT2D eigenvalue weighted by molar-refractivity contribution is 7.92. The first kappa shape index (κ1) is 27.9. The lowest BCUT2D eigenvalue weighted by Crippen LogP contribution is -2.25. The minimum Gasteiger partial charge on any atom is -0.366 e. The van der Waals surface area contributed by atoms with Crippen LogP contribution in [0.25, 0.3) is 6.08 Å². The second-order valence-electron chi connectivity index (χ2n) is 8.92. The summed E-state index contributed by atoms with van der Waals surface area (Å²) in [5, 5.41) is 4.32. The zero-order valence-electron chi connectivity index (χ0n) is 20.3. The highest BCUT2D eigenvalue weighted by Crippen LogP contribution is 2.26. The molecule has 1 atom stereocenters. The molecule has 1 amide bonds. The lowest BCUT2D eigenvalue weighted by Gasteiger charge is -2.17. The molecule has 1 saturated carbocycles. The molecular formula is C26H36ClN3O3S. The van der Waals surface area contributed by atoms with Gasteiger partial charge in [-0.05, 0) is 73.2 Å². The van der Waals surface area contributed by atoms with Gasteiger partial charge in [0.25, 0.3) is 0 Å². The topological polar surface area (TPSA) is 92.5 Å². The van der Waals surface area contributed by atoms with Crippen LogP contribution in [0.4, 0.5) is 5.69 Å². The Morgan fingerprint density at radius 1 is 1.24 bits per heavy atom. The van der Waals surface area contributed by atoms with Crippen molar-refractivity contribution in [1.82, 2.24) is 5.32 Å². The largest absolute Gasteiger partial charge is 0.366 e. The Kier molecular flexibility index (Phi) is 10.6. The number of amides is 1. The molecule has 2 aromatic carbocycles. The number of benzene rings is 2. The van der Waals surface area contributed by atoms with Crippen molar-refractivity contribution in [3.63, 3.8) is 0 Å². The maximum atomic E-state index is 11.4. The minimum atomic E-state index is -3.38. The Labute approximate surface area is 209 Å². The molecule has 1 heterocycles. The van der Waals surface area contributed by atoms with E-state index in [-0.39, 0.29) is 5.56 Å². The lowest BCUT2D eigenvalue weighted by atomic mass is 10.1. The molecule has 1 aliphatic heterocycles. The van der Waals surface area contributed by atoms with E-state index >= 15 is 0 Å². The fraction of sp³-hybridized carbons (Fsp3) is 0.423. The molecule has 8 heteroatoms. The van der Waals surface area contributed by atoms with Crippen LogP contribution < -0.4 is 15.4 Å². The Morgan fingerprint density at radius 3 is 2.38 bits per heavy atom. The molecule has 2 aliphatic rings. The third kappa shape index (κ3) is 9.87. The van der Waals surface area contributed by atoms with Crippen molar-refractivity contribution in [1.29, 1.82) is 0 Å². The van der Waals surface area contributed by atoms with Crippen molar-refractivity contribution in [2.75, 3.05) is 24.2 Å². The number of sulfonamides is 1. The van der Waals surface area contributed by atoms with Gasteiger partial charge in [0.05, 0.1) is 11.9 Å². The van der Waals surface area contributed by atoms with E-state index in [2.05, 4.69) is 31.0 Å². The fourth-order valence-electron chi connectivity index (χ4n) is 3.31. The second kappa shape index (κ2) is 12.9. The highest BCUT2D eigenvalue weighted by atomic mass is 35.5. The normalized spacial score (nSPS) is 17.0. The van der Waals surface area contributed by atoms with Crippen molar-refractivity contribution in [2.24, 2.45) is 11.7 Å². The molecular weight excluding hydrogens is 470 g/mol. The summed E-state index contributed by atoms with van der Waals surface area (Å²) in [6, 6.07) is 13.4. The summed E-state index contributed by atoms with van der Waals surface area (Å²) >= 11 is 5.91. The number of carbonyl (C=O) groups excluding carboxylic acids is 1.